The van der Waals surface area contributed by atoms with Gasteiger partial charge in [0.15, 0.2) is 6.10 Å². The lowest BCUT2D eigenvalue weighted by Gasteiger charge is -2.17. The van der Waals surface area contributed by atoms with Crippen LogP contribution in [-0.4, -0.2) is 37.6 Å². The summed E-state index contributed by atoms with van der Waals surface area (Å²) in [5.74, 6) is -1.50. The normalized spacial score (nSPS) is 12.9. The molecular formula is C19H20N2O5. The Morgan fingerprint density at radius 2 is 1.65 bits per heavy atom. The standard InChI is InChI=1S/C19H20N2O5/c1-20-17(22)16(26-18(23)15-10-6-3-7-11-15)12-21-19(24)25-13-14-8-4-2-5-9-14/h2-11,16H,12-13H2,1H3,(H,20,22)(H,21,24)/i12D/t12-,16?/m0/s1. The number of nitrogens with one attached hydrogen (secondary N) is 2. The minimum atomic E-state index is -1.54. The third-order valence-corrected chi connectivity index (χ3v) is 3.31. The van der Waals surface area contributed by atoms with Gasteiger partial charge < -0.3 is 20.1 Å². The van der Waals surface area contributed by atoms with Gasteiger partial charge in [0.2, 0.25) is 0 Å². The monoisotopic (exact) mass is 357 g/mol. The molecule has 0 spiro atoms. The van der Waals surface area contributed by atoms with Crippen molar-refractivity contribution in [1.29, 1.82) is 0 Å². The highest BCUT2D eigenvalue weighted by Gasteiger charge is 2.23. The quantitative estimate of drug-likeness (QED) is 0.738. The molecule has 0 aliphatic heterocycles. The zero-order valence-electron chi connectivity index (χ0n) is 15.2. The van der Waals surface area contributed by atoms with Crippen molar-refractivity contribution in [3.05, 3.63) is 71.8 Å². The molecule has 0 aliphatic rings. The van der Waals surface area contributed by atoms with E-state index in [4.69, 9.17) is 10.8 Å². The van der Waals surface area contributed by atoms with Crippen LogP contribution in [0.2, 0.25) is 0 Å². The molecule has 0 aromatic heterocycles. The summed E-state index contributed by atoms with van der Waals surface area (Å²) in [6.07, 6.45) is -2.43. The van der Waals surface area contributed by atoms with Crippen molar-refractivity contribution in [3.8, 4) is 0 Å². The van der Waals surface area contributed by atoms with Gasteiger partial charge in [-0.3, -0.25) is 4.79 Å². The molecule has 136 valence electrons. The second-order valence-electron chi connectivity index (χ2n) is 5.18. The molecule has 0 aliphatic carbocycles. The molecule has 0 saturated heterocycles. The average molecular weight is 357 g/mol. The Labute approximate surface area is 152 Å². The van der Waals surface area contributed by atoms with Crippen LogP contribution in [0.3, 0.4) is 0 Å². The largest absolute Gasteiger partial charge is 0.447 e. The van der Waals surface area contributed by atoms with Gasteiger partial charge in [-0.2, -0.15) is 0 Å². The van der Waals surface area contributed by atoms with E-state index in [0.717, 1.165) is 5.56 Å². The van der Waals surface area contributed by atoms with Gasteiger partial charge in [0, 0.05) is 7.05 Å². The summed E-state index contributed by atoms with van der Waals surface area (Å²) < 4.78 is 18.1. The zero-order chi connectivity index (χ0) is 19.6. The van der Waals surface area contributed by atoms with Crippen LogP contribution in [0.25, 0.3) is 0 Å². The minimum absolute atomic E-state index is 0.00778. The second-order valence-corrected chi connectivity index (χ2v) is 5.18. The summed E-state index contributed by atoms with van der Waals surface area (Å²) >= 11 is 0. The molecule has 0 saturated carbocycles. The minimum Gasteiger partial charge on any atom is -0.447 e. The molecule has 7 heteroatoms. The number of alkyl carbamates (subject to hydrolysis) is 1. The maximum atomic E-state index is 12.1. The van der Waals surface area contributed by atoms with E-state index in [1.54, 1.807) is 42.5 Å². The lowest BCUT2D eigenvalue weighted by molar-refractivity contribution is -0.129. The first-order chi connectivity index (χ1) is 13.0. The maximum Gasteiger partial charge on any atom is 0.407 e. The van der Waals surface area contributed by atoms with Gasteiger partial charge in [0.25, 0.3) is 5.91 Å². The molecule has 2 rings (SSSR count). The van der Waals surface area contributed by atoms with E-state index in [1.165, 1.54) is 19.2 Å². The van der Waals surface area contributed by atoms with Crippen LogP contribution in [0, 0.1) is 0 Å². The Balaban J connectivity index is 1.95. The van der Waals surface area contributed by atoms with Crippen LogP contribution < -0.4 is 10.6 Å². The molecule has 0 bridgehead atoms. The van der Waals surface area contributed by atoms with E-state index in [2.05, 4.69) is 10.6 Å². The number of carbonyl (C=O) groups is 3. The number of hydrogen-bond acceptors (Lipinski definition) is 5. The summed E-state index contributed by atoms with van der Waals surface area (Å²) in [5.41, 5.74) is 0.998. The van der Waals surface area contributed by atoms with Crippen LogP contribution in [-0.2, 0) is 20.9 Å². The van der Waals surface area contributed by atoms with Gasteiger partial charge in [-0.1, -0.05) is 48.5 Å². The number of likely N-dealkylation sites (N-methyl/N-ethyl adjacent to an activating group) is 1. The van der Waals surface area contributed by atoms with E-state index >= 15 is 0 Å². The number of esters is 1. The van der Waals surface area contributed by atoms with Gasteiger partial charge in [0.05, 0.1) is 13.5 Å². The Kier molecular flexibility index (Phi) is 6.60. The van der Waals surface area contributed by atoms with Crippen LogP contribution >= 0.6 is 0 Å². The lowest BCUT2D eigenvalue weighted by atomic mass is 10.2. The van der Waals surface area contributed by atoms with E-state index in [1.807, 2.05) is 6.07 Å². The van der Waals surface area contributed by atoms with Crippen molar-refractivity contribution in [1.82, 2.24) is 10.6 Å². The number of rotatable bonds is 7. The van der Waals surface area contributed by atoms with Crippen LogP contribution in [0.4, 0.5) is 4.79 Å². The van der Waals surface area contributed by atoms with Crippen molar-refractivity contribution in [3.63, 3.8) is 0 Å². The third-order valence-electron chi connectivity index (χ3n) is 3.31. The van der Waals surface area contributed by atoms with Crippen molar-refractivity contribution in [2.75, 3.05) is 13.6 Å². The molecule has 26 heavy (non-hydrogen) atoms. The zero-order valence-corrected chi connectivity index (χ0v) is 14.2. The molecule has 0 radical (unpaired) electrons. The second kappa shape index (κ2) is 9.83. The lowest BCUT2D eigenvalue weighted by Crippen LogP contribution is -2.44. The number of carbonyl (C=O) groups excluding carboxylic acids is 3. The number of benzene rings is 2. The fourth-order valence-corrected chi connectivity index (χ4v) is 1.97. The Hall–Kier alpha value is -3.35. The van der Waals surface area contributed by atoms with Crippen LogP contribution in [0.1, 0.15) is 17.3 Å². The predicted molar refractivity (Wildman–Crippen MR) is 94.3 cm³/mol. The molecule has 2 aromatic rings. The molecule has 0 fully saturated rings. The molecule has 2 amide bonds. The highest BCUT2D eigenvalue weighted by molar-refractivity contribution is 5.92. The van der Waals surface area contributed by atoms with Crippen molar-refractivity contribution >= 4 is 18.0 Å². The van der Waals surface area contributed by atoms with Crippen LogP contribution in [0.15, 0.2) is 60.7 Å². The summed E-state index contributed by atoms with van der Waals surface area (Å²) in [6.45, 7) is -1.53. The predicted octanol–water partition coefficient (Wildman–Crippen LogP) is 1.88. The van der Waals surface area contributed by atoms with E-state index < -0.39 is 30.6 Å². The van der Waals surface area contributed by atoms with Gasteiger partial charge in [-0.25, -0.2) is 9.59 Å². The Morgan fingerprint density at radius 1 is 1.04 bits per heavy atom. The maximum absolute atomic E-state index is 12.1. The number of amides is 2. The highest BCUT2D eigenvalue weighted by atomic mass is 16.6. The Morgan fingerprint density at radius 3 is 2.27 bits per heavy atom. The third kappa shape index (κ3) is 5.94. The molecule has 0 heterocycles. The molecule has 2 atom stereocenters. The topological polar surface area (TPSA) is 93.7 Å². The summed E-state index contributed by atoms with van der Waals surface area (Å²) in [6, 6.07) is 17.0. The molecule has 2 aromatic carbocycles. The Bertz CT molecular complexity index is 770. The van der Waals surface area contributed by atoms with Gasteiger partial charge in [-0.15, -0.1) is 0 Å². The fourth-order valence-electron chi connectivity index (χ4n) is 1.97. The van der Waals surface area contributed by atoms with Crippen molar-refractivity contribution < 1.29 is 25.2 Å². The molecule has 7 nitrogen and oxygen atoms in total. The van der Waals surface area contributed by atoms with E-state index in [-0.39, 0.29) is 12.2 Å². The number of hydrogen-bond donors (Lipinski definition) is 2. The average Bonchev–Trinajstić information content (AvgIpc) is 2.71. The van der Waals surface area contributed by atoms with Crippen molar-refractivity contribution in [2.24, 2.45) is 0 Å². The summed E-state index contributed by atoms with van der Waals surface area (Å²) in [7, 11) is 1.34. The van der Waals surface area contributed by atoms with Gasteiger partial charge in [-0.05, 0) is 17.7 Å². The first-order valence-corrected chi connectivity index (χ1v) is 7.88. The fraction of sp³-hybridized carbons (Fsp3) is 0.211. The molecule has 1 unspecified atom stereocenters. The summed E-state index contributed by atoms with van der Waals surface area (Å²) in [4.78, 5) is 36.0. The smallest absolute Gasteiger partial charge is 0.407 e. The van der Waals surface area contributed by atoms with Crippen molar-refractivity contribution in [2.45, 2.75) is 12.7 Å². The highest BCUT2D eigenvalue weighted by Crippen LogP contribution is 2.05. The SMILES string of the molecule is [2H][C@H](NC(=O)OCc1ccccc1)C(OC(=O)c1ccccc1)C(=O)NC. The summed E-state index contributed by atoms with van der Waals surface area (Å²) in [5, 5.41) is 4.50. The van der Waals surface area contributed by atoms with E-state index in [9.17, 15) is 14.4 Å². The molecule has 2 N–H and O–H groups in total. The first-order valence-electron chi connectivity index (χ1n) is 8.46. The van der Waals surface area contributed by atoms with Gasteiger partial charge in [0.1, 0.15) is 6.61 Å². The first kappa shape index (κ1) is 17.5. The van der Waals surface area contributed by atoms with Crippen LogP contribution in [0.5, 0.6) is 0 Å². The molecular weight excluding hydrogens is 336 g/mol. The van der Waals surface area contributed by atoms with E-state index in [0.29, 0.717) is 0 Å². The van der Waals surface area contributed by atoms with Gasteiger partial charge >= 0.3 is 12.1 Å². The number of ether oxygens (including phenoxy) is 2.